The summed E-state index contributed by atoms with van der Waals surface area (Å²) in [6, 6.07) is 14.3. The van der Waals surface area contributed by atoms with Crippen molar-refractivity contribution in [2.45, 2.75) is 18.9 Å². The number of benzene rings is 2. The van der Waals surface area contributed by atoms with Crippen LogP contribution in [-0.4, -0.2) is 36.6 Å². The summed E-state index contributed by atoms with van der Waals surface area (Å²) in [5.41, 5.74) is 0.872. The van der Waals surface area contributed by atoms with E-state index in [1.54, 1.807) is 0 Å². The number of rotatable bonds is 2. The molecular formula is C18H21N3O. The van der Waals surface area contributed by atoms with Crippen molar-refractivity contribution in [2.75, 3.05) is 25.0 Å². The van der Waals surface area contributed by atoms with Gasteiger partial charge in [0.2, 0.25) is 0 Å². The number of hydrogen-bond acceptors (Lipinski definition) is 2. The second-order valence-electron chi connectivity index (χ2n) is 6.37. The summed E-state index contributed by atoms with van der Waals surface area (Å²) in [7, 11) is 0. The summed E-state index contributed by atoms with van der Waals surface area (Å²) in [6.45, 7) is 3.37. The number of carbonyl (C=O) groups is 1. The monoisotopic (exact) mass is 295 g/mol. The van der Waals surface area contributed by atoms with Crippen LogP contribution in [0.3, 0.4) is 0 Å². The molecule has 1 atom stereocenters. The molecule has 2 aromatic carbocycles. The van der Waals surface area contributed by atoms with E-state index in [0.29, 0.717) is 5.92 Å². The first kappa shape index (κ1) is 13.6. The summed E-state index contributed by atoms with van der Waals surface area (Å²) >= 11 is 0. The zero-order valence-corrected chi connectivity index (χ0v) is 12.6. The summed E-state index contributed by atoms with van der Waals surface area (Å²) in [4.78, 5) is 14.8. The van der Waals surface area contributed by atoms with E-state index >= 15 is 0 Å². The summed E-state index contributed by atoms with van der Waals surface area (Å²) in [6.07, 6.45) is 2.42. The fraction of sp³-hybridized carbons (Fsp3) is 0.389. The van der Waals surface area contributed by atoms with Crippen molar-refractivity contribution in [1.82, 2.24) is 10.2 Å². The number of hydrogen-bond donors (Lipinski definition) is 2. The first-order valence-electron chi connectivity index (χ1n) is 8.07. The molecule has 0 aliphatic carbocycles. The van der Waals surface area contributed by atoms with E-state index in [9.17, 15) is 4.79 Å². The lowest BCUT2D eigenvalue weighted by atomic mass is 9.84. The molecular weight excluding hydrogens is 274 g/mol. The molecule has 5 rings (SSSR count). The van der Waals surface area contributed by atoms with Gasteiger partial charge < -0.3 is 15.5 Å². The molecule has 3 heterocycles. The highest BCUT2D eigenvalue weighted by molar-refractivity contribution is 6.01. The Morgan fingerprint density at radius 2 is 1.82 bits per heavy atom. The Kier molecular flexibility index (Phi) is 3.47. The van der Waals surface area contributed by atoms with Crippen molar-refractivity contribution in [2.24, 2.45) is 5.92 Å². The van der Waals surface area contributed by atoms with E-state index in [1.807, 2.05) is 30.3 Å². The van der Waals surface area contributed by atoms with Crippen LogP contribution in [0.5, 0.6) is 0 Å². The van der Waals surface area contributed by atoms with Crippen LogP contribution in [-0.2, 0) is 0 Å². The number of anilines is 1. The lowest BCUT2D eigenvalue weighted by molar-refractivity contribution is 0.0777. The van der Waals surface area contributed by atoms with Crippen LogP contribution in [0.2, 0.25) is 0 Å². The summed E-state index contributed by atoms with van der Waals surface area (Å²) in [5.74, 6) is 0.642. The van der Waals surface area contributed by atoms with E-state index < -0.39 is 0 Å². The van der Waals surface area contributed by atoms with Crippen molar-refractivity contribution in [3.8, 4) is 0 Å². The maximum atomic E-state index is 12.4. The summed E-state index contributed by atoms with van der Waals surface area (Å²) < 4.78 is 0. The number of urea groups is 1. The van der Waals surface area contributed by atoms with Crippen molar-refractivity contribution >= 4 is 22.5 Å². The number of fused-ring (bicyclic) bond motifs is 4. The van der Waals surface area contributed by atoms with Crippen LogP contribution in [0.15, 0.2) is 42.5 Å². The first-order valence-corrected chi connectivity index (χ1v) is 8.07. The Morgan fingerprint density at radius 1 is 1.05 bits per heavy atom. The highest BCUT2D eigenvalue weighted by Gasteiger charge is 2.34. The van der Waals surface area contributed by atoms with Crippen LogP contribution < -0.4 is 10.6 Å². The van der Waals surface area contributed by atoms with Crippen LogP contribution in [0.25, 0.3) is 10.8 Å². The number of nitrogens with zero attached hydrogens (tertiary/aromatic N) is 1. The predicted octanol–water partition coefficient (Wildman–Crippen LogP) is 3.06. The van der Waals surface area contributed by atoms with Crippen LogP contribution in [0.1, 0.15) is 12.8 Å². The van der Waals surface area contributed by atoms with Gasteiger partial charge in [-0.1, -0.05) is 36.4 Å². The zero-order chi connectivity index (χ0) is 14.9. The van der Waals surface area contributed by atoms with Crippen LogP contribution in [0.4, 0.5) is 10.5 Å². The van der Waals surface area contributed by atoms with Gasteiger partial charge in [-0.15, -0.1) is 0 Å². The van der Waals surface area contributed by atoms with Gasteiger partial charge in [-0.05, 0) is 43.3 Å². The molecule has 114 valence electrons. The molecule has 3 aliphatic heterocycles. The van der Waals surface area contributed by atoms with Gasteiger partial charge in [0.1, 0.15) is 0 Å². The Labute approximate surface area is 130 Å². The minimum absolute atomic E-state index is 0.0879. The molecule has 2 N–H and O–H groups in total. The molecule has 0 saturated carbocycles. The molecule has 3 aliphatic rings. The maximum absolute atomic E-state index is 12.4. The predicted molar refractivity (Wildman–Crippen MR) is 89.1 cm³/mol. The lowest BCUT2D eigenvalue weighted by Gasteiger charge is -2.44. The fourth-order valence-corrected chi connectivity index (χ4v) is 3.79. The fourth-order valence-electron chi connectivity index (χ4n) is 3.79. The van der Waals surface area contributed by atoms with Gasteiger partial charge in [0.25, 0.3) is 0 Å². The molecule has 0 radical (unpaired) electrons. The van der Waals surface area contributed by atoms with E-state index in [2.05, 4.69) is 27.7 Å². The highest BCUT2D eigenvalue weighted by atomic mass is 16.2. The Morgan fingerprint density at radius 3 is 2.59 bits per heavy atom. The third-order valence-electron chi connectivity index (χ3n) is 5.01. The van der Waals surface area contributed by atoms with Gasteiger partial charge in [-0.2, -0.15) is 0 Å². The summed E-state index contributed by atoms with van der Waals surface area (Å²) in [5, 5.41) is 8.41. The molecule has 3 fully saturated rings. The van der Waals surface area contributed by atoms with Gasteiger partial charge in [-0.3, -0.25) is 0 Å². The Bertz CT molecular complexity index is 686. The molecule has 3 saturated heterocycles. The molecule has 2 amide bonds. The second-order valence-corrected chi connectivity index (χ2v) is 6.37. The molecule has 2 aromatic rings. The minimum Gasteiger partial charge on any atom is -0.334 e. The van der Waals surface area contributed by atoms with Crippen molar-refractivity contribution in [3.05, 3.63) is 42.5 Å². The molecule has 1 unspecified atom stereocenters. The normalized spacial score (nSPS) is 26.8. The maximum Gasteiger partial charge on any atom is 0.319 e. The van der Waals surface area contributed by atoms with Crippen molar-refractivity contribution in [1.29, 1.82) is 0 Å². The van der Waals surface area contributed by atoms with Gasteiger partial charge in [0.05, 0.1) is 5.69 Å². The number of carbonyl (C=O) groups excluding carboxylic acids is 1. The van der Waals surface area contributed by atoms with Gasteiger partial charge in [-0.25, -0.2) is 4.79 Å². The number of nitrogens with one attached hydrogen (secondary N) is 2. The highest BCUT2D eigenvalue weighted by Crippen LogP contribution is 2.28. The van der Waals surface area contributed by atoms with Gasteiger partial charge in [0, 0.05) is 18.0 Å². The number of piperidine rings is 3. The second kappa shape index (κ2) is 5.61. The van der Waals surface area contributed by atoms with E-state index in [0.717, 1.165) is 23.0 Å². The molecule has 2 bridgehead atoms. The minimum atomic E-state index is -0.0879. The molecule has 4 nitrogen and oxygen atoms in total. The number of amides is 2. The lowest BCUT2D eigenvalue weighted by Crippen LogP contribution is -2.57. The van der Waals surface area contributed by atoms with Crippen LogP contribution in [0, 0.1) is 5.92 Å². The Balaban J connectivity index is 1.47. The van der Waals surface area contributed by atoms with Gasteiger partial charge in [0.15, 0.2) is 0 Å². The molecule has 0 spiro atoms. The molecule has 0 aromatic heterocycles. The average molecular weight is 295 g/mol. The average Bonchev–Trinajstić information content (AvgIpc) is 2.56. The Hall–Kier alpha value is -2.07. The SMILES string of the molecule is O=C(Nc1cccc2ccccc12)NC1CN2CCC1CC2. The molecule has 22 heavy (non-hydrogen) atoms. The topological polar surface area (TPSA) is 44.4 Å². The quantitative estimate of drug-likeness (QED) is 0.894. The van der Waals surface area contributed by atoms with E-state index in [4.69, 9.17) is 0 Å². The third-order valence-corrected chi connectivity index (χ3v) is 5.01. The third kappa shape index (κ3) is 2.55. The standard InChI is InChI=1S/C18H21N3O/c22-18(20-17-12-21-10-8-14(17)9-11-21)19-16-7-3-5-13-4-1-2-6-15(13)16/h1-7,14,17H,8-12H2,(H2,19,20,22). The van der Waals surface area contributed by atoms with Crippen molar-refractivity contribution < 1.29 is 4.79 Å². The first-order chi connectivity index (χ1) is 10.8. The van der Waals surface area contributed by atoms with E-state index in [1.165, 1.54) is 25.9 Å². The van der Waals surface area contributed by atoms with E-state index in [-0.39, 0.29) is 12.1 Å². The van der Waals surface area contributed by atoms with Gasteiger partial charge >= 0.3 is 6.03 Å². The zero-order valence-electron chi connectivity index (χ0n) is 12.6. The van der Waals surface area contributed by atoms with Crippen molar-refractivity contribution in [3.63, 3.8) is 0 Å². The largest absolute Gasteiger partial charge is 0.334 e. The van der Waals surface area contributed by atoms with Crippen LogP contribution >= 0.6 is 0 Å². The smallest absolute Gasteiger partial charge is 0.319 e. The molecule has 4 heteroatoms.